The molecule has 0 amide bonds. The van der Waals surface area contributed by atoms with Gasteiger partial charge in [0.2, 0.25) is 5.28 Å². The number of fused-ring (bicyclic) bond motifs is 2. The van der Waals surface area contributed by atoms with Gasteiger partial charge in [0.1, 0.15) is 11.6 Å². The second kappa shape index (κ2) is 7.42. The lowest BCUT2D eigenvalue weighted by molar-refractivity contribution is -0.0315. The summed E-state index contributed by atoms with van der Waals surface area (Å²) in [5.74, 6) is -0.0249. The molecule has 11 nitrogen and oxygen atoms in total. The van der Waals surface area contributed by atoms with Crippen molar-refractivity contribution >= 4 is 36.4 Å². The SMILES string of the molecule is CCOP(=O)(OCC)OC[C@]12C[C@@H]1[C@@H](n1cnc3c(N)nc(Cl)nc31)[C@H](O)[C@@H]2O. The fourth-order valence-corrected chi connectivity index (χ4v) is 5.71. The van der Waals surface area contributed by atoms with E-state index in [1.807, 2.05) is 0 Å². The van der Waals surface area contributed by atoms with Crippen LogP contribution in [0.4, 0.5) is 5.82 Å². The lowest BCUT2D eigenvalue weighted by Crippen LogP contribution is -2.36. The highest BCUT2D eigenvalue weighted by atomic mass is 35.5. The molecule has 0 saturated heterocycles. The second-order valence-corrected chi connectivity index (χ2v) is 9.24. The van der Waals surface area contributed by atoms with E-state index in [0.29, 0.717) is 17.6 Å². The molecule has 13 heteroatoms. The Morgan fingerprint density at radius 2 is 2.00 bits per heavy atom. The molecule has 0 spiro atoms. The van der Waals surface area contributed by atoms with Crippen LogP contribution in [-0.2, 0) is 18.1 Å². The van der Waals surface area contributed by atoms with E-state index >= 15 is 0 Å². The molecule has 160 valence electrons. The van der Waals surface area contributed by atoms with Crippen molar-refractivity contribution in [3.8, 4) is 0 Å². The molecule has 29 heavy (non-hydrogen) atoms. The van der Waals surface area contributed by atoms with Crippen LogP contribution in [0.15, 0.2) is 6.33 Å². The van der Waals surface area contributed by atoms with E-state index in [1.54, 1.807) is 18.4 Å². The molecule has 4 rings (SSSR count). The number of nitrogen functional groups attached to an aromatic ring is 1. The van der Waals surface area contributed by atoms with E-state index < -0.39 is 31.5 Å². The first-order valence-electron chi connectivity index (χ1n) is 9.31. The molecule has 2 aliphatic rings. The number of rotatable bonds is 8. The average molecular weight is 448 g/mol. The molecule has 2 heterocycles. The van der Waals surface area contributed by atoms with Crippen LogP contribution in [0.2, 0.25) is 5.28 Å². The molecule has 2 fully saturated rings. The summed E-state index contributed by atoms with van der Waals surface area (Å²) in [6.45, 7) is 3.60. The third-order valence-corrected chi connectivity index (χ3v) is 7.42. The van der Waals surface area contributed by atoms with Crippen LogP contribution in [0.3, 0.4) is 0 Å². The standard InChI is InChI=1S/C16H23ClN5O6P/c1-3-26-29(25,27-4-2)28-6-16-5-8(16)10(11(23)12(16)24)22-7-19-9-13(18)20-15(17)21-14(9)22/h7-8,10-12,23-24H,3-6H2,1-2H3,(H2,18,20,21)/t8-,10-,11+,12+,16-/m1/s1. The summed E-state index contributed by atoms with van der Waals surface area (Å²) in [5, 5.41) is 21.4. The van der Waals surface area contributed by atoms with Crippen LogP contribution in [0, 0.1) is 11.3 Å². The molecule has 2 aromatic heterocycles. The second-order valence-electron chi connectivity index (χ2n) is 7.23. The third-order valence-electron chi connectivity index (χ3n) is 5.66. The van der Waals surface area contributed by atoms with E-state index in [0.717, 1.165) is 0 Å². The summed E-state index contributed by atoms with van der Waals surface area (Å²) in [4.78, 5) is 12.3. The van der Waals surface area contributed by atoms with Crippen molar-refractivity contribution in [2.45, 2.75) is 38.5 Å². The Kier molecular flexibility index (Phi) is 5.35. The zero-order chi connectivity index (χ0) is 21.0. The van der Waals surface area contributed by atoms with Gasteiger partial charge in [-0.2, -0.15) is 9.97 Å². The molecule has 0 radical (unpaired) electrons. The summed E-state index contributed by atoms with van der Waals surface area (Å²) in [7, 11) is -3.73. The summed E-state index contributed by atoms with van der Waals surface area (Å²) in [5.41, 5.74) is 5.82. The Morgan fingerprint density at radius 3 is 2.66 bits per heavy atom. The first-order valence-corrected chi connectivity index (χ1v) is 11.2. The number of phosphoric acid groups is 1. The first-order chi connectivity index (χ1) is 13.8. The van der Waals surface area contributed by atoms with Crippen LogP contribution in [-0.4, -0.2) is 61.8 Å². The van der Waals surface area contributed by atoms with E-state index in [4.69, 9.17) is 30.9 Å². The van der Waals surface area contributed by atoms with Crippen LogP contribution < -0.4 is 5.73 Å². The van der Waals surface area contributed by atoms with E-state index in [-0.39, 0.29) is 36.8 Å². The highest BCUT2D eigenvalue weighted by Crippen LogP contribution is 2.69. The Labute approximate surface area is 171 Å². The number of imidazole rings is 1. The highest BCUT2D eigenvalue weighted by Gasteiger charge is 2.72. The van der Waals surface area contributed by atoms with E-state index in [1.165, 1.54) is 6.33 Å². The molecule has 2 saturated carbocycles. The molecular weight excluding hydrogens is 425 g/mol. The number of nitrogens with zero attached hydrogens (tertiary/aromatic N) is 4. The zero-order valence-electron chi connectivity index (χ0n) is 15.9. The molecule has 0 bridgehead atoms. The van der Waals surface area contributed by atoms with Gasteiger partial charge in [-0.05, 0) is 37.8 Å². The Bertz CT molecular complexity index is 965. The minimum atomic E-state index is -3.73. The van der Waals surface area contributed by atoms with Crippen molar-refractivity contribution in [1.29, 1.82) is 0 Å². The number of halogens is 1. The Morgan fingerprint density at radius 1 is 1.31 bits per heavy atom. The summed E-state index contributed by atoms with van der Waals surface area (Å²) in [6.07, 6.45) is -0.153. The number of anilines is 1. The van der Waals surface area contributed by atoms with Crippen molar-refractivity contribution in [3.63, 3.8) is 0 Å². The van der Waals surface area contributed by atoms with Crippen LogP contribution in [0.25, 0.3) is 11.2 Å². The van der Waals surface area contributed by atoms with Crippen LogP contribution in [0.5, 0.6) is 0 Å². The fourth-order valence-electron chi connectivity index (χ4n) is 4.28. The molecule has 2 aromatic rings. The number of hydrogen-bond acceptors (Lipinski definition) is 10. The van der Waals surface area contributed by atoms with Gasteiger partial charge in [-0.15, -0.1) is 0 Å². The Hall–Kier alpha value is -1.33. The van der Waals surface area contributed by atoms with Crippen molar-refractivity contribution in [2.75, 3.05) is 25.6 Å². The quantitative estimate of drug-likeness (QED) is 0.400. The predicted molar refractivity (Wildman–Crippen MR) is 103 cm³/mol. The van der Waals surface area contributed by atoms with E-state index in [2.05, 4.69) is 15.0 Å². The fraction of sp³-hybridized carbons (Fsp3) is 0.688. The van der Waals surface area contributed by atoms with Gasteiger partial charge < -0.3 is 20.5 Å². The maximum atomic E-state index is 12.6. The number of nitrogens with two attached hydrogens (primary N) is 1. The molecule has 0 aromatic carbocycles. The Balaban J connectivity index is 1.60. The van der Waals surface area contributed by atoms with Gasteiger partial charge in [0, 0.05) is 5.41 Å². The minimum absolute atomic E-state index is 0.0375. The molecular formula is C16H23ClN5O6P. The average Bonchev–Trinajstić information content (AvgIpc) is 3.16. The number of aliphatic hydroxyl groups is 2. The van der Waals surface area contributed by atoms with Crippen molar-refractivity contribution in [1.82, 2.24) is 19.5 Å². The molecule has 5 atom stereocenters. The number of aliphatic hydroxyl groups excluding tert-OH is 2. The van der Waals surface area contributed by atoms with Gasteiger partial charge >= 0.3 is 7.82 Å². The number of phosphoric ester groups is 1. The highest BCUT2D eigenvalue weighted by molar-refractivity contribution is 7.48. The molecule has 0 unspecified atom stereocenters. The maximum Gasteiger partial charge on any atom is 0.474 e. The third kappa shape index (κ3) is 3.34. The lowest BCUT2D eigenvalue weighted by Gasteiger charge is -2.25. The maximum absolute atomic E-state index is 12.6. The minimum Gasteiger partial charge on any atom is -0.390 e. The summed E-state index contributed by atoms with van der Waals surface area (Å²) in [6, 6.07) is -0.525. The number of hydrogen-bond donors (Lipinski definition) is 3. The molecule has 2 aliphatic carbocycles. The van der Waals surface area contributed by atoms with Crippen molar-refractivity contribution in [3.05, 3.63) is 11.6 Å². The summed E-state index contributed by atoms with van der Waals surface area (Å²) >= 11 is 5.92. The number of aromatic nitrogens is 4. The van der Waals surface area contributed by atoms with E-state index in [9.17, 15) is 14.8 Å². The van der Waals surface area contributed by atoms with Gasteiger partial charge in [-0.25, -0.2) is 9.55 Å². The summed E-state index contributed by atoms with van der Waals surface area (Å²) < 4.78 is 30.0. The van der Waals surface area contributed by atoms with Crippen LogP contribution >= 0.6 is 19.4 Å². The largest absolute Gasteiger partial charge is 0.474 e. The first kappa shape index (κ1) is 20.9. The van der Waals surface area contributed by atoms with Gasteiger partial charge in [-0.3, -0.25) is 13.6 Å². The van der Waals surface area contributed by atoms with Gasteiger partial charge in [0.15, 0.2) is 11.5 Å². The molecule has 0 aliphatic heterocycles. The molecule has 4 N–H and O–H groups in total. The zero-order valence-corrected chi connectivity index (χ0v) is 17.6. The predicted octanol–water partition coefficient (Wildman–Crippen LogP) is 1.54. The van der Waals surface area contributed by atoms with Gasteiger partial charge in [0.05, 0.1) is 38.3 Å². The lowest BCUT2D eigenvalue weighted by atomic mass is 10.0. The van der Waals surface area contributed by atoms with Crippen LogP contribution in [0.1, 0.15) is 26.3 Å². The van der Waals surface area contributed by atoms with Crippen molar-refractivity contribution < 1.29 is 28.3 Å². The van der Waals surface area contributed by atoms with Crippen molar-refractivity contribution in [2.24, 2.45) is 11.3 Å². The monoisotopic (exact) mass is 447 g/mol. The van der Waals surface area contributed by atoms with Gasteiger partial charge in [0.25, 0.3) is 0 Å². The van der Waals surface area contributed by atoms with Gasteiger partial charge in [-0.1, -0.05) is 0 Å². The smallest absolute Gasteiger partial charge is 0.390 e. The topological polar surface area (TPSA) is 155 Å². The normalized spacial score (nSPS) is 31.3.